The van der Waals surface area contributed by atoms with Crippen molar-refractivity contribution < 1.29 is 38.9 Å². The van der Waals surface area contributed by atoms with Gasteiger partial charge in [-0.2, -0.15) is 12.6 Å². The lowest BCUT2D eigenvalue weighted by molar-refractivity contribution is -0.148. The first-order chi connectivity index (χ1) is 19.0. The van der Waals surface area contributed by atoms with E-state index in [1.807, 2.05) is 20.8 Å². The summed E-state index contributed by atoms with van der Waals surface area (Å²) in [4.78, 5) is 56.2. The van der Waals surface area contributed by atoms with Gasteiger partial charge in [0.25, 0.3) is 0 Å². The van der Waals surface area contributed by atoms with Crippen LogP contribution in [0.15, 0.2) is 0 Å². The van der Waals surface area contributed by atoms with E-state index >= 15 is 0 Å². The Labute approximate surface area is 254 Å². The minimum Gasteiger partial charge on any atom is -0.481 e. The molecule has 2 amide bonds. The molecule has 0 heterocycles. The Hall–Kier alpha value is -2.14. The van der Waals surface area contributed by atoms with E-state index in [2.05, 4.69) is 43.5 Å². The monoisotopic (exact) mass is 608 g/mol. The summed E-state index contributed by atoms with van der Waals surface area (Å²) in [5.74, 6) is -0.695. The van der Waals surface area contributed by atoms with Gasteiger partial charge in [0.05, 0.1) is 6.42 Å². The van der Waals surface area contributed by atoms with Crippen molar-refractivity contribution in [2.75, 3.05) is 33.1 Å². The second-order valence-corrected chi connectivity index (χ2v) is 10.8. The first kappa shape index (κ1) is 45.8. The molecule has 2 atom stereocenters. The lowest BCUT2D eigenvalue weighted by atomic mass is 9.80. The maximum atomic E-state index is 11.7. The number of rotatable bonds is 11. The molecule has 1 aliphatic rings. The van der Waals surface area contributed by atoms with Gasteiger partial charge in [-0.3, -0.25) is 19.2 Å². The molecule has 0 bridgehead atoms. The molecule has 1 unspecified atom stereocenters. The number of likely N-dealkylation sites (N-methyl/N-ethyl adjacent to an activating group) is 1. The Morgan fingerprint density at radius 1 is 0.976 bits per heavy atom. The maximum Gasteiger partial charge on any atom is 0.326 e. The van der Waals surface area contributed by atoms with Crippen molar-refractivity contribution in [3.05, 3.63) is 0 Å². The number of hydrogen-bond donors (Lipinski definition) is 4. The summed E-state index contributed by atoms with van der Waals surface area (Å²) in [5, 5.41) is 20.0. The zero-order valence-electron chi connectivity index (χ0n) is 27.5. The second-order valence-electron chi connectivity index (χ2n) is 10.4. The van der Waals surface area contributed by atoms with E-state index in [4.69, 9.17) is 10.2 Å². The van der Waals surface area contributed by atoms with Gasteiger partial charge in [0, 0.05) is 45.6 Å². The van der Waals surface area contributed by atoms with E-state index in [-0.39, 0.29) is 36.4 Å². The number of carbonyl (C=O) groups excluding carboxylic acids is 3. The molecule has 10 nitrogen and oxygen atoms in total. The van der Waals surface area contributed by atoms with Crippen LogP contribution in [0.1, 0.15) is 101 Å². The summed E-state index contributed by atoms with van der Waals surface area (Å²) in [6.07, 6.45) is 3.86. The highest BCUT2D eigenvalue weighted by molar-refractivity contribution is 7.80. The van der Waals surface area contributed by atoms with Gasteiger partial charge in [0.2, 0.25) is 11.8 Å². The van der Waals surface area contributed by atoms with E-state index in [1.165, 1.54) is 18.9 Å². The predicted molar refractivity (Wildman–Crippen MR) is 168 cm³/mol. The third-order valence-corrected chi connectivity index (χ3v) is 6.08. The van der Waals surface area contributed by atoms with E-state index in [0.29, 0.717) is 18.2 Å². The summed E-state index contributed by atoms with van der Waals surface area (Å²) < 4.78 is 4.54. The summed E-state index contributed by atoms with van der Waals surface area (Å²) >= 11 is 3.88. The Balaban J connectivity index is -0.000000265. The number of nitrogens with zero attached hydrogens (tertiary/aromatic N) is 1. The largest absolute Gasteiger partial charge is 0.481 e. The molecule has 3 N–H and O–H groups in total. The molecule has 1 fully saturated rings. The highest BCUT2D eigenvalue weighted by Crippen LogP contribution is 2.28. The van der Waals surface area contributed by atoms with Gasteiger partial charge in [-0.05, 0) is 64.0 Å². The van der Waals surface area contributed by atoms with Crippen LogP contribution >= 0.6 is 12.6 Å². The first-order valence-electron chi connectivity index (χ1n) is 14.6. The van der Waals surface area contributed by atoms with E-state index in [0.717, 1.165) is 38.2 Å². The van der Waals surface area contributed by atoms with Gasteiger partial charge >= 0.3 is 11.9 Å². The average Bonchev–Trinajstić information content (AvgIpc) is 2.92. The number of ether oxygens (including phenoxy) is 1. The number of ketones is 1. The van der Waals surface area contributed by atoms with E-state index < -0.39 is 23.9 Å². The molecule has 41 heavy (non-hydrogen) atoms. The van der Waals surface area contributed by atoms with Gasteiger partial charge in [-0.1, -0.05) is 41.5 Å². The fourth-order valence-electron chi connectivity index (χ4n) is 3.20. The first-order valence-corrected chi connectivity index (χ1v) is 15.3. The van der Waals surface area contributed by atoms with Gasteiger partial charge in [-0.25, -0.2) is 4.79 Å². The van der Waals surface area contributed by atoms with Crippen LogP contribution in [0.5, 0.6) is 0 Å². The summed E-state index contributed by atoms with van der Waals surface area (Å²) in [6.45, 7) is 18.6. The quantitative estimate of drug-likeness (QED) is 0.234. The number of carboxylic acids is 2. The molecule has 1 aliphatic carbocycles. The van der Waals surface area contributed by atoms with E-state index in [1.54, 1.807) is 21.0 Å². The number of amides is 2. The molecule has 1 rings (SSSR count). The van der Waals surface area contributed by atoms with E-state index in [9.17, 15) is 24.0 Å². The van der Waals surface area contributed by atoms with Crippen LogP contribution in [0.25, 0.3) is 0 Å². The van der Waals surface area contributed by atoms with Crippen LogP contribution in [0, 0.1) is 23.7 Å². The number of Topliss-reactive ketones (excluding diaryl/α,β-unsaturated/α-hetero) is 1. The summed E-state index contributed by atoms with van der Waals surface area (Å²) in [6, 6.07) is -0.766. The molecule has 0 radical (unpaired) electrons. The standard InChI is InChI=1S/C14H23NO4.C7H13NO3S.C4H10.C3H8O.C2H6/c1-9(7-13(17)18)14(19)15-8-11-3-5-12(6-4-11)10(2)16;1-5(7(10)11)8(2)6(9)3-4-12;1-4(2)3;1-3-4-2;1-2/h9,11-12H,3-8H2,1-2H3,(H,15,19)(H,17,18);5,12H,3-4H2,1-2H3,(H,10,11);4H,1-3H3;3H2,1-2H3;1-2H3/t;5-;;;/m.0.../s1. The SMILES string of the molecule is CC.CC(=O)C1CCC(CNC(=O)C(C)CC(=O)O)CC1.CC(C)C.CCOC.C[C@@H](C(=O)O)N(C)C(=O)CCS. The van der Waals surface area contributed by atoms with Gasteiger partial charge in [0.15, 0.2) is 0 Å². The van der Waals surface area contributed by atoms with Crippen LogP contribution in [0.3, 0.4) is 0 Å². The number of hydrogen-bond acceptors (Lipinski definition) is 7. The van der Waals surface area contributed by atoms with Crippen molar-refractivity contribution >= 4 is 42.2 Å². The predicted octanol–water partition coefficient (Wildman–Crippen LogP) is 5.19. The lowest BCUT2D eigenvalue weighted by Crippen LogP contribution is -2.40. The number of aliphatic carboxylic acids is 2. The fourth-order valence-corrected chi connectivity index (χ4v) is 3.39. The minimum absolute atomic E-state index is 0.136. The lowest BCUT2D eigenvalue weighted by Gasteiger charge is -2.27. The number of carbonyl (C=O) groups is 5. The third kappa shape index (κ3) is 29.2. The average molecular weight is 609 g/mol. The Kier molecular flexibility index (Phi) is 32.8. The van der Waals surface area contributed by atoms with Crippen LogP contribution in [-0.2, 0) is 28.7 Å². The van der Waals surface area contributed by atoms with Gasteiger partial charge < -0.3 is 25.2 Å². The molecule has 0 aliphatic heterocycles. The molecule has 11 heteroatoms. The van der Waals surface area contributed by atoms with Crippen LogP contribution in [0.2, 0.25) is 0 Å². The van der Waals surface area contributed by atoms with Crippen molar-refractivity contribution in [2.24, 2.45) is 23.7 Å². The van der Waals surface area contributed by atoms with Crippen molar-refractivity contribution in [2.45, 2.75) is 107 Å². The third-order valence-electron chi connectivity index (χ3n) is 5.86. The highest BCUT2D eigenvalue weighted by atomic mass is 32.1. The number of carboxylic acid groups (broad SMARTS) is 2. The Morgan fingerprint density at radius 2 is 1.41 bits per heavy atom. The molecule has 0 aromatic carbocycles. The topological polar surface area (TPSA) is 150 Å². The number of nitrogens with one attached hydrogen (secondary N) is 1. The minimum atomic E-state index is -0.995. The highest BCUT2D eigenvalue weighted by Gasteiger charge is 2.25. The van der Waals surface area contributed by atoms with Crippen molar-refractivity contribution in [1.82, 2.24) is 10.2 Å². The molecule has 0 spiro atoms. The van der Waals surface area contributed by atoms with Gasteiger partial charge in [0.1, 0.15) is 11.8 Å². The molecule has 244 valence electrons. The van der Waals surface area contributed by atoms with Crippen LogP contribution in [-0.4, -0.2) is 83.8 Å². The normalized spacial score (nSPS) is 16.7. The molecule has 0 aromatic heterocycles. The van der Waals surface area contributed by atoms with Crippen molar-refractivity contribution in [3.63, 3.8) is 0 Å². The summed E-state index contributed by atoms with van der Waals surface area (Å²) in [7, 11) is 3.16. The zero-order valence-corrected chi connectivity index (χ0v) is 28.4. The van der Waals surface area contributed by atoms with Crippen LogP contribution in [0.4, 0.5) is 0 Å². The van der Waals surface area contributed by atoms with Crippen LogP contribution < -0.4 is 5.32 Å². The maximum absolute atomic E-state index is 11.7. The smallest absolute Gasteiger partial charge is 0.326 e. The molecular formula is C30H60N2O8S. The number of thiol groups is 1. The zero-order chi connectivity index (χ0) is 33.1. The molecule has 0 saturated heterocycles. The van der Waals surface area contributed by atoms with Gasteiger partial charge in [-0.15, -0.1) is 0 Å². The molecule has 1 saturated carbocycles. The Bertz CT molecular complexity index is 706. The fraction of sp³-hybridized carbons (Fsp3) is 0.833. The Morgan fingerprint density at radius 3 is 1.73 bits per heavy atom. The second kappa shape index (κ2) is 29.4. The number of methoxy groups -OCH3 is 1. The van der Waals surface area contributed by atoms with Crippen molar-refractivity contribution in [1.29, 1.82) is 0 Å². The summed E-state index contributed by atoms with van der Waals surface area (Å²) in [5.41, 5.74) is 0. The molecule has 0 aromatic rings. The van der Waals surface area contributed by atoms with Crippen molar-refractivity contribution in [3.8, 4) is 0 Å². The molecular weight excluding hydrogens is 548 g/mol.